The maximum Gasteiger partial charge on any atom is 0.0346 e. The van der Waals surface area contributed by atoms with E-state index in [0.717, 1.165) is 5.56 Å². The van der Waals surface area contributed by atoms with E-state index in [1.165, 1.54) is 60.1 Å². The van der Waals surface area contributed by atoms with Crippen LogP contribution in [0.4, 0.5) is 0 Å². The zero-order valence-corrected chi connectivity index (χ0v) is 19.7. The van der Waals surface area contributed by atoms with Crippen LogP contribution in [0.25, 0.3) is 65.7 Å². The van der Waals surface area contributed by atoms with E-state index in [-0.39, 0.29) is 0 Å². The molecule has 0 spiro atoms. The molecule has 0 aliphatic heterocycles. The summed E-state index contributed by atoms with van der Waals surface area (Å²) >= 11 is 0. The van der Waals surface area contributed by atoms with Gasteiger partial charge in [0.25, 0.3) is 0 Å². The summed E-state index contributed by atoms with van der Waals surface area (Å²) in [5.41, 5.74) is 7.42. The predicted molar refractivity (Wildman–Crippen MR) is 153 cm³/mol. The van der Waals surface area contributed by atoms with Gasteiger partial charge in [-0.25, -0.2) is 0 Å². The molecule has 0 saturated heterocycles. The van der Waals surface area contributed by atoms with Crippen LogP contribution in [0.1, 0.15) is 0 Å². The Balaban J connectivity index is 1.62. The van der Waals surface area contributed by atoms with Gasteiger partial charge in [0.1, 0.15) is 0 Å². The lowest BCUT2D eigenvalue weighted by Gasteiger charge is -2.19. The SMILES string of the molecule is c1ccc(-c2c3ccccc3c(-c3cccc4c(-c5cccnc5)cccc34)c3ccccc23)cc1. The predicted octanol–water partition coefficient (Wildman–Crippen LogP) is 9.54. The van der Waals surface area contributed by atoms with Crippen LogP contribution in [0.15, 0.2) is 140 Å². The van der Waals surface area contributed by atoms with Crippen molar-refractivity contribution < 1.29 is 0 Å². The molecule has 0 aliphatic rings. The third kappa shape index (κ3) is 3.21. The molecule has 168 valence electrons. The van der Waals surface area contributed by atoms with E-state index in [0.29, 0.717) is 0 Å². The number of hydrogen-bond donors (Lipinski definition) is 0. The summed E-state index contributed by atoms with van der Waals surface area (Å²) in [7, 11) is 0. The van der Waals surface area contributed by atoms with Gasteiger partial charge in [-0.15, -0.1) is 0 Å². The molecule has 1 aromatic heterocycles. The van der Waals surface area contributed by atoms with E-state index < -0.39 is 0 Å². The molecule has 0 bridgehead atoms. The number of fused-ring (bicyclic) bond motifs is 3. The molecule has 36 heavy (non-hydrogen) atoms. The van der Waals surface area contributed by atoms with Crippen molar-refractivity contribution in [1.82, 2.24) is 4.98 Å². The van der Waals surface area contributed by atoms with Gasteiger partial charge in [0.05, 0.1) is 0 Å². The molecule has 0 aliphatic carbocycles. The van der Waals surface area contributed by atoms with Crippen LogP contribution in [-0.4, -0.2) is 4.98 Å². The van der Waals surface area contributed by atoms with Crippen LogP contribution in [0.3, 0.4) is 0 Å². The van der Waals surface area contributed by atoms with Crippen molar-refractivity contribution in [2.24, 2.45) is 0 Å². The van der Waals surface area contributed by atoms with E-state index in [9.17, 15) is 0 Å². The summed E-state index contributed by atoms with van der Waals surface area (Å²) in [5.74, 6) is 0. The first-order chi connectivity index (χ1) is 17.9. The lowest BCUT2D eigenvalue weighted by molar-refractivity contribution is 1.33. The molecular weight excluding hydrogens is 434 g/mol. The van der Waals surface area contributed by atoms with Gasteiger partial charge < -0.3 is 0 Å². The second kappa shape index (κ2) is 8.48. The Labute approximate surface area is 210 Å². The summed E-state index contributed by atoms with van der Waals surface area (Å²) in [6.07, 6.45) is 3.77. The minimum Gasteiger partial charge on any atom is -0.264 e. The third-order valence-electron chi connectivity index (χ3n) is 7.16. The highest BCUT2D eigenvalue weighted by Crippen LogP contribution is 2.45. The molecule has 7 rings (SSSR count). The highest BCUT2D eigenvalue weighted by Gasteiger charge is 2.18. The largest absolute Gasteiger partial charge is 0.264 e. The van der Waals surface area contributed by atoms with Gasteiger partial charge in [-0.2, -0.15) is 0 Å². The molecule has 1 heterocycles. The molecule has 0 unspecified atom stereocenters. The number of benzene rings is 6. The quantitative estimate of drug-likeness (QED) is 0.241. The molecule has 0 amide bonds. The van der Waals surface area contributed by atoms with E-state index in [2.05, 4.69) is 126 Å². The minimum atomic E-state index is 1.13. The smallest absolute Gasteiger partial charge is 0.0346 e. The first kappa shape index (κ1) is 20.6. The van der Waals surface area contributed by atoms with E-state index >= 15 is 0 Å². The molecule has 0 saturated carbocycles. The van der Waals surface area contributed by atoms with Gasteiger partial charge in [0.15, 0.2) is 0 Å². The Kier molecular flexibility index (Phi) is 4.85. The van der Waals surface area contributed by atoms with Gasteiger partial charge in [0.2, 0.25) is 0 Å². The van der Waals surface area contributed by atoms with Crippen LogP contribution >= 0.6 is 0 Å². The van der Waals surface area contributed by atoms with Crippen molar-refractivity contribution in [3.8, 4) is 33.4 Å². The number of rotatable bonds is 3. The molecule has 1 heteroatoms. The summed E-state index contributed by atoms with van der Waals surface area (Å²) in [5, 5.41) is 7.59. The summed E-state index contributed by atoms with van der Waals surface area (Å²) in [6, 6.07) is 45.9. The molecule has 0 radical (unpaired) electrons. The first-order valence-corrected chi connectivity index (χ1v) is 12.3. The number of aromatic nitrogens is 1. The zero-order chi connectivity index (χ0) is 23.9. The Bertz CT molecular complexity index is 1810. The molecule has 1 nitrogen and oxygen atoms in total. The third-order valence-corrected chi connectivity index (χ3v) is 7.16. The Hall–Kier alpha value is -4.75. The second-order valence-electron chi connectivity index (χ2n) is 9.16. The Morgan fingerprint density at radius 3 is 1.44 bits per heavy atom. The average molecular weight is 458 g/mol. The van der Waals surface area contributed by atoms with Gasteiger partial charge in [-0.05, 0) is 66.2 Å². The molecular formula is C35H23N. The summed E-state index contributed by atoms with van der Waals surface area (Å²) in [6.45, 7) is 0. The van der Waals surface area contributed by atoms with Crippen LogP contribution in [0, 0.1) is 0 Å². The van der Waals surface area contributed by atoms with Crippen LogP contribution in [0.5, 0.6) is 0 Å². The number of nitrogens with zero attached hydrogens (tertiary/aromatic N) is 1. The van der Waals surface area contributed by atoms with Gasteiger partial charge >= 0.3 is 0 Å². The second-order valence-corrected chi connectivity index (χ2v) is 9.16. The van der Waals surface area contributed by atoms with Crippen LogP contribution in [0.2, 0.25) is 0 Å². The fourth-order valence-corrected chi connectivity index (χ4v) is 5.64. The minimum absolute atomic E-state index is 1.13. The number of hydrogen-bond acceptors (Lipinski definition) is 1. The average Bonchev–Trinajstić information content (AvgIpc) is 2.96. The molecule has 0 N–H and O–H groups in total. The van der Waals surface area contributed by atoms with Gasteiger partial charge in [0, 0.05) is 18.0 Å². The van der Waals surface area contributed by atoms with E-state index in [1.54, 1.807) is 0 Å². The van der Waals surface area contributed by atoms with E-state index in [1.807, 2.05) is 18.5 Å². The van der Waals surface area contributed by atoms with Crippen LogP contribution in [-0.2, 0) is 0 Å². The van der Waals surface area contributed by atoms with E-state index in [4.69, 9.17) is 0 Å². The van der Waals surface area contributed by atoms with Crippen LogP contribution < -0.4 is 0 Å². The Morgan fingerprint density at radius 1 is 0.333 bits per heavy atom. The zero-order valence-electron chi connectivity index (χ0n) is 19.7. The highest BCUT2D eigenvalue weighted by atomic mass is 14.6. The van der Waals surface area contributed by atoms with Crippen molar-refractivity contribution in [3.05, 3.63) is 140 Å². The summed E-state index contributed by atoms with van der Waals surface area (Å²) in [4.78, 5) is 4.37. The van der Waals surface area contributed by atoms with Gasteiger partial charge in [-0.1, -0.05) is 121 Å². The number of pyridine rings is 1. The van der Waals surface area contributed by atoms with Gasteiger partial charge in [-0.3, -0.25) is 4.98 Å². The maximum atomic E-state index is 4.37. The Morgan fingerprint density at radius 2 is 0.833 bits per heavy atom. The van der Waals surface area contributed by atoms with Crippen molar-refractivity contribution in [2.75, 3.05) is 0 Å². The fourth-order valence-electron chi connectivity index (χ4n) is 5.64. The first-order valence-electron chi connectivity index (χ1n) is 12.3. The monoisotopic (exact) mass is 457 g/mol. The lowest BCUT2D eigenvalue weighted by atomic mass is 9.84. The van der Waals surface area contributed by atoms with Crippen molar-refractivity contribution in [2.45, 2.75) is 0 Å². The molecule has 0 atom stereocenters. The van der Waals surface area contributed by atoms with Crippen molar-refractivity contribution >= 4 is 32.3 Å². The summed E-state index contributed by atoms with van der Waals surface area (Å²) < 4.78 is 0. The molecule has 7 aromatic rings. The highest BCUT2D eigenvalue weighted by molar-refractivity contribution is 6.23. The van der Waals surface area contributed by atoms with Crippen molar-refractivity contribution in [1.29, 1.82) is 0 Å². The fraction of sp³-hybridized carbons (Fsp3) is 0. The molecule has 6 aromatic carbocycles. The lowest BCUT2D eigenvalue weighted by Crippen LogP contribution is -1.92. The molecule has 0 fully saturated rings. The normalized spacial score (nSPS) is 11.3. The topological polar surface area (TPSA) is 12.9 Å². The standard InChI is InChI=1S/C35H23N/c1-2-11-24(12-3-1)34-30-14-4-6-16-32(30)35(33-17-7-5-15-31(33)34)29-21-9-19-27-26(18-8-20-28(27)29)25-13-10-22-36-23-25/h1-23H. The van der Waals surface area contributed by atoms with Crippen molar-refractivity contribution in [3.63, 3.8) is 0 Å². The maximum absolute atomic E-state index is 4.37.